The molecule has 0 aliphatic carbocycles. The summed E-state index contributed by atoms with van der Waals surface area (Å²) >= 11 is 1.84. The number of carbonyl (C=O) groups is 1. The van der Waals surface area contributed by atoms with Gasteiger partial charge in [0.25, 0.3) is 0 Å². The van der Waals surface area contributed by atoms with Crippen LogP contribution in [-0.2, 0) is 4.79 Å². The van der Waals surface area contributed by atoms with Crippen LogP contribution in [0.5, 0.6) is 0 Å². The number of hydrogen-bond acceptors (Lipinski definition) is 3. The molecule has 0 aromatic rings. The maximum atomic E-state index is 10.6. The van der Waals surface area contributed by atoms with E-state index in [1.165, 1.54) is 0 Å². The molecule has 4 heteroatoms. The molecule has 0 heterocycles. The van der Waals surface area contributed by atoms with Gasteiger partial charge in [-0.15, -0.1) is 0 Å². The zero-order chi connectivity index (χ0) is 10.5. The van der Waals surface area contributed by atoms with Crippen molar-refractivity contribution < 1.29 is 9.90 Å². The monoisotopic (exact) mass is 205 g/mol. The number of carboxylic acid groups (broad SMARTS) is 1. The van der Waals surface area contributed by atoms with Crippen molar-refractivity contribution >= 4 is 17.7 Å². The molecule has 0 amide bonds. The van der Waals surface area contributed by atoms with Crippen LogP contribution in [0.1, 0.15) is 33.6 Å². The molecule has 13 heavy (non-hydrogen) atoms. The van der Waals surface area contributed by atoms with E-state index in [9.17, 15) is 4.79 Å². The second-order valence-corrected chi connectivity index (χ2v) is 5.43. The molecule has 3 nitrogen and oxygen atoms in total. The Morgan fingerprint density at radius 1 is 1.62 bits per heavy atom. The predicted octanol–water partition coefficient (Wildman–Crippen LogP) is 1.71. The van der Waals surface area contributed by atoms with Crippen molar-refractivity contribution in [3.05, 3.63) is 0 Å². The number of thioether (sulfide) groups is 1. The van der Waals surface area contributed by atoms with Gasteiger partial charge in [-0.1, -0.05) is 13.8 Å². The maximum absolute atomic E-state index is 10.6. The van der Waals surface area contributed by atoms with Gasteiger partial charge in [0.1, 0.15) is 5.54 Å². The minimum atomic E-state index is -1.06. The minimum Gasteiger partial charge on any atom is -0.480 e. The molecule has 0 bridgehead atoms. The van der Waals surface area contributed by atoms with Gasteiger partial charge in [0.05, 0.1) is 0 Å². The van der Waals surface area contributed by atoms with E-state index < -0.39 is 11.5 Å². The van der Waals surface area contributed by atoms with Gasteiger partial charge < -0.3 is 10.8 Å². The molecule has 0 aromatic heterocycles. The molecule has 0 aliphatic heterocycles. The summed E-state index contributed by atoms with van der Waals surface area (Å²) in [4.78, 5) is 10.6. The summed E-state index contributed by atoms with van der Waals surface area (Å²) in [6.45, 7) is 5.82. The Kier molecular flexibility index (Phi) is 5.40. The van der Waals surface area contributed by atoms with Gasteiger partial charge in [0, 0.05) is 0 Å². The molecule has 0 spiro atoms. The Bertz CT molecular complexity index is 169. The van der Waals surface area contributed by atoms with Crippen LogP contribution in [0, 0.1) is 0 Å². The van der Waals surface area contributed by atoms with Gasteiger partial charge in [0.2, 0.25) is 0 Å². The summed E-state index contributed by atoms with van der Waals surface area (Å²) in [7, 11) is 0. The first kappa shape index (κ1) is 12.8. The molecule has 0 fully saturated rings. The molecule has 0 radical (unpaired) electrons. The van der Waals surface area contributed by atoms with Crippen LogP contribution in [0.3, 0.4) is 0 Å². The Morgan fingerprint density at radius 2 is 2.15 bits per heavy atom. The average Bonchev–Trinajstić information content (AvgIpc) is 1.97. The third kappa shape index (κ3) is 5.93. The van der Waals surface area contributed by atoms with Crippen molar-refractivity contribution in [2.75, 3.05) is 5.75 Å². The summed E-state index contributed by atoms with van der Waals surface area (Å²) in [5.74, 6) is 0.0691. The zero-order valence-corrected chi connectivity index (χ0v) is 9.36. The lowest BCUT2D eigenvalue weighted by atomic mass is 9.98. The number of hydrogen-bond donors (Lipinski definition) is 2. The first-order valence-electron chi connectivity index (χ1n) is 4.50. The van der Waals surface area contributed by atoms with Crippen molar-refractivity contribution in [3.63, 3.8) is 0 Å². The Labute approximate surface area is 84.1 Å². The van der Waals surface area contributed by atoms with E-state index in [0.29, 0.717) is 11.7 Å². The van der Waals surface area contributed by atoms with Crippen LogP contribution in [0.4, 0.5) is 0 Å². The second kappa shape index (κ2) is 5.50. The second-order valence-electron chi connectivity index (χ2n) is 3.75. The van der Waals surface area contributed by atoms with Crippen LogP contribution in [0.25, 0.3) is 0 Å². The molecular weight excluding hydrogens is 186 g/mol. The first-order chi connectivity index (χ1) is 5.86. The molecule has 0 rings (SSSR count). The van der Waals surface area contributed by atoms with Crippen LogP contribution >= 0.6 is 11.8 Å². The molecule has 0 aromatic carbocycles. The predicted molar refractivity (Wildman–Crippen MR) is 57.1 cm³/mol. The van der Waals surface area contributed by atoms with E-state index in [0.717, 1.165) is 12.2 Å². The van der Waals surface area contributed by atoms with E-state index in [2.05, 4.69) is 13.8 Å². The van der Waals surface area contributed by atoms with Crippen molar-refractivity contribution in [2.24, 2.45) is 5.73 Å². The van der Waals surface area contributed by atoms with Gasteiger partial charge in [-0.3, -0.25) is 4.79 Å². The average molecular weight is 205 g/mol. The van der Waals surface area contributed by atoms with E-state index in [4.69, 9.17) is 10.8 Å². The third-order valence-corrected chi connectivity index (χ3v) is 2.97. The lowest BCUT2D eigenvalue weighted by Gasteiger charge is -2.18. The summed E-state index contributed by atoms with van der Waals surface area (Å²) in [6, 6.07) is 0. The van der Waals surface area contributed by atoms with Gasteiger partial charge >= 0.3 is 5.97 Å². The van der Waals surface area contributed by atoms with Crippen molar-refractivity contribution in [1.82, 2.24) is 0 Å². The minimum absolute atomic E-state index is 0.544. The smallest absolute Gasteiger partial charge is 0.323 e. The van der Waals surface area contributed by atoms with Crippen LogP contribution in [-0.4, -0.2) is 27.6 Å². The summed E-state index contributed by atoms with van der Waals surface area (Å²) in [5, 5.41) is 9.32. The number of rotatable bonds is 6. The number of carboxylic acids is 1. The highest BCUT2D eigenvalue weighted by atomic mass is 32.2. The molecule has 0 aliphatic rings. The van der Waals surface area contributed by atoms with Crippen LogP contribution < -0.4 is 5.73 Å². The lowest BCUT2D eigenvalue weighted by molar-refractivity contribution is -0.142. The number of nitrogens with two attached hydrogens (primary N) is 1. The van der Waals surface area contributed by atoms with Gasteiger partial charge in [-0.25, -0.2) is 0 Å². The molecule has 0 saturated carbocycles. The van der Waals surface area contributed by atoms with Crippen molar-refractivity contribution in [3.8, 4) is 0 Å². The van der Waals surface area contributed by atoms with Crippen LogP contribution in [0.2, 0.25) is 0 Å². The fourth-order valence-electron chi connectivity index (χ4n) is 0.865. The summed E-state index contributed by atoms with van der Waals surface area (Å²) < 4.78 is 0. The molecule has 1 atom stereocenters. The highest BCUT2D eigenvalue weighted by molar-refractivity contribution is 7.99. The highest BCUT2D eigenvalue weighted by Gasteiger charge is 2.26. The molecule has 0 saturated heterocycles. The maximum Gasteiger partial charge on any atom is 0.323 e. The van der Waals surface area contributed by atoms with E-state index in [1.807, 2.05) is 11.8 Å². The van der Waals surface area contributed by atoms with E-state index in [1.54, 1.807) is 6.92 Å². The quantitative estimate of drug-likeness (QED) is 0.648. The van der Waals surface area contributed by atoms with E-state index in [-0.39, 0.29) is 0 Å². The fourth-order valence-corrected chi connectivity index (χ4v) is 1.65. The molecule has 1 unspecified atom stereocenters. The topological polar surface area (TPSA) is 63.3 Å². The fraction of sp³-hybridized carbons (Fsp3) is 0.889. The molecular formula is C9H19NO2S. The Balaban J connectivity index is 3.58. The van der Waals surface area contributed by atoms with Crippen molar-refractivity contribution in [1.29, 1.82) is 0 Å². The lowest BCUT2D eigenvalue weighted by Crippen LogP contribution is -2.44. The van der Waals surface area contributed by atoms with Gasteiger partial charge in [-0.2, -0.15) is 11.8 Å². The van der Waals surface area contributed by atoms with Gasteiger partial charge in [-0.05, 0) is 30.8 Å². The molecule has 78 valence electrons. The normalized spacial score (nSPS) is 15.8. The van der Waals surface area contributed by atoms with Crippen molar-refractivity contribution in [2.45, 2.75) is 44.4 Å². The summed E-state index contributed by atoms with van der Waals surface area (Å²) in [6.07, 6.45) is 1.41. The third-order valence-electron chi connectivity index (χ3n) is 1.78. The van der Waals surface area contributed by atoms with Crippen LogP contribution in [0.15, 0.2) is 0 Å². The van der Waals surface area contributed by atoms with E-state index >= 15 is 0 Å². The Hall–Kier alpha value is -0.220. The Morgan fingerprint density at radius 3 is 2.54 bits per heavy atom. The standard InChI is InChI=1S/C9H19NO2S/c1-7(2)13-6-4-5-9(3,10)8(11)12/h7H,4-6,10H2,1-3H3,(H,11,12). The summed E-state index contributed by atoms with van der Waals surface area (Å²) in [5.41, 5.74) is 4.51. The van der Waals surface area contributed by atoms with Gasteiger partial charge in [0.15, 0.2) is 0 Å². The largest absolute Gasteiger partial charge is 0.480 e. The highest BCUT2D eigenvalue weighted by Crippen LogP contribution is 2.15. The molecule has 3 N–H and O–H groups in total. The number of aliphatic carboxylic acids is 1. The zero-order valence-electron chi connectivity index (χ0n) is 8.54. The SMILES string of the molecule is CC(C)SCCCC(C)(N)C(=O)O. The first-order valence-corrected chi connectivity index (χ1v) is 5.55.